The zero-order valence-electron chi connectivity index (χ0n) is 9.65. The Morgan fingerprint density at radius 2 is 1.94 bits per heavy atom. The Balaban J connectivity index is 2.60. The molecule has 0 aliphatic carbocycles. The van der Waals surface area contributed by atoms with Crippen molar-refractivity contribution < 1.29 is 4.21 Å². The molecule has 1 aromatic rings. The third kappa shape index (κ3) is 3.89. The van der Waals surface area contributed by atoms with Crippen LogP contribution in [0.25, 0.3) is 0 Å². The summed E-state index contributed by atoms with van der Waals surface area (Å²) in [5.74, 6) is 0.548. The highest BCUT2D eigenvalue weighted by Crippen LogP contribution is 2.14. The lowest BCUT2D eigenvalue weighted by atomic mass is 10.2. The largest absolute Gasteiger partial charge is 0.327 e. The highest BCUT2D eigenvalue weighted by molar-refractivity contribution is 7.84. The maximum Gasteiger partial charge on any atom is 0.0488 e. The minimum Gasteiger partial charge on any atom is -0.327 e. The molecular weight excluding hydrogens is 242 g/mol. The summed E-state index contributed by atoms with van der Waals surface area (Å²) in [4.78, 5) is 0. The molecule has 0 fully saturated rings. The van der Waals surface area contributed by atoms with Crippen molar-refractivity contribution >= 4 is 22.4 Å². The molecule has 3 unspecified atom stereocenters. The van der Waals surface area contributed by atoms with Crippen LogP contribution in [0.2, 0.25) is 5.02 Å². The maximum atomic E-state index is 12.0. The van der Waals surface area contributed by atoms with Crippen LogP contribution in [0.4, 0.5) is 0 Å². The molecule has 0 saturated carbocycles. The summed E-state index contributed by atoms with van der Waals surface area (Å²) >= 11 is 5.79. The van der Waals surface area contributed by atoms with Crippen molar-refractivity contribution in [2.75, 3.05) is 0 Å². The van der Waals surface area contributed by atoms with Gasteiger partial charge in [-0.15, -0.1) is 0 Å². The van der Waals surface area contributed by atoms with Crippen LogP contribution in [0.3, 0.4) is 0 Å². The monoisotopic (exact) mass is 259 g/mol. The van der Waals surface area contributed by atoms with Crippen molar-refractivity contribution in [1.82, 2.24) is 0 Å². The molecular formula is C12H18ClNOS. The van der Waals surface area contributed by atoms with Gasteiger partial charge in [-0.2, -0.15) is 0 Å². The van der Waals surface area contributed by atoms with E-state index >= 15 is 0 Å². The summed E-state index contributed by atoms with van der Waals surface area (Å²) in [5.41, 5.74) is 6.92. The summed E-state index contributed by atoms with van der Waals surface area (Å²) < 4.78 is 12.0. The Morgan fingerprint density at radius 1 is 1.38 bits per heavy atom. The lowest BCUT2D eigenvalue weighted by molar-refractivity contribution is 0.610. The Labute approximate surface area is 105 Å². The molecule has 0 radical (unpaired) electrons. The van der Waals surface area contributed by atoms with E-state index in [2.05, 4.69) is 0 Å². The van der Waals surface area contributed by atoms with E-state index in [0.717, 1.165) is 12.0 Å². The first kappa shape index (κ1) is 13.7. The van der Waals surface area contributed by atoms with Crippen LogP contribution in [-0.4, -0.2) is 15.5 Å². The minimum absolute atomic E-state index is 0.00753. The molecule has 16 heavy (non-hydrogen) atoms. The molecule has 2 nitrogen and oxygen atoms in total. The van der Waals surface area contributed by atoms with E-state index in [4.69, 9.17) is 17.3 Å². The number of halogens is 1. The normalized spacial score (nSPS) is 16.8. The van der Waals surface area contributed by atoms with Gasteiger partial charge in [-0.3, -0.25) is 4.21 Å². The average molecular weight is 260 g/mol. The van der Waals surface area contributed by atoms with E-state index in [-0.39, 0.29) is 11.3 Å². The number of hydrogen-bond donors (Lipinski definition) is 1. The highest BCUT2D eigenvalue weighted by Gasteiger charge is 2.17. The molecule has 0 amide bonds. The third-order valence-electron chi connectivity index (χ3n) is 2.71. The van der Waals surface area contributed by atoms with Crippen LogP contribution in [0.1, 0.15) is 25.8 Å². The number of nitrogens with two attached hydrogens (primary N) is 1. The zero-order chi connectivity index (χ0) is 12.1. The van der Waals surface area contributed by atoms with Crippen molar-refractivity contribution in [3.63, 3.8) is 0 Å². The Bertz CT molecular complexity index is 353. The fraction of sp³-hybridized carbons (Fsp3) is 0.500. The Hall–Kier alpha value is -0.380. The SMILES string of the molecule is CCC(N)C(C)S(=O)Cc1ccc(Cl)cc1. The second-order valence-electron chi connectivity index (χ2n) is 3.93. The molecule has 4 heteroatoms. The minimum atomic E-state index is -0.920. The molecule has 1 aromatic carbocycles. The van der Waals surface area contributed by atoms with Gasteiger partial charge in [0.05, 0.1) is 0 Å². The molecule has 0 saturated heterocycles. The van der Waals surface area contributed by atoms with Gasteiger partial charge in [-0.05, 0) is 31.0 Å². The molecule has 1 rings (SSSR count). The first-order chi connectivity index (χ1) is 7.54. The second kappa shape index (κ2) is 6.38. The number of hydrogen-bond acceptors (Lipinski definition) is 2. The van der Waals surface area contributed by atoms with E-state index in [1.54, 1.807) is 0 Å². The van der Waals surface area contributed by atoms with E-state index in [1.165, 1.54) is 0 Å². The fourth-order valence-corrected chi connectivity index (χ4v) is 2.90. The van der Waals surface area contributed by atoms with Crippen molar-refractivity contribution in [2.24, 2.45) is 5.73 Å². The van der Waals surface area contributed by atoms with Gasteiger partial charge < -0.3 is 5.73 Å². The zero-order valence-corrected chi connectivity index (χ0v) is 11.2. The topological polar surface area (TPSA) is 43.1 Å². The van der Waals surface area contributed by atoms with Crippen molar-refractivity contribution in [3.05, 3.63) is 34.9 Å². The maximum absolute atomic E-state index is 12.0. The lowest BCUT2D eigenvalue weighted by Gasteiger charge is -2.17. The summed E-state index contributed by atoms with van der Waals surface area (Å²) in [6, 6.07) is 7.46. The number of rotatable bonds is 5. The molecule has 0 aromatic heterocycles. The predicted octanol–water partition coefficient (Wildman–Crippen LogP) is 2.71. The van der Waals surface area contributed by atoms with Crippen LogP contribution in [-0.2, 0) is 16.6 Å². The molecule has 0 aliphatic rings. The fourth-order valence-electron chi connectivity index (χ4n) is 1.40. The first-order valence-corrected chi connectivity index (χ1v) is 7.17. The predicted molar refractivity (Wildman–Crippen MR) is 71.0 cm³/mol. The average Bonchev–Trinajstić information content (AvgIpc) is 2.30. The lowest BCUT2D eigenvalue weighted by Crippen LogP contribution is -2.35. The van der Waals surface area contributed by atoms with Crippen molar-refractivity contribution in [1.29, 1.82) is 0 Å². The van der Waals surface area contributed by atoms with Gasteiger partial charge in [-0.25, -0.2) is 0 Å². The van der Waals surface area contributed by atoms with Gasteiger partial charge in [0.25, 0.3) is 0 Å². The van der Waals surface area contributed by atoms with Crippen molar-refractivity contribution in [3.8, 4) is 0 Å². The standard InChI is InChI=1S/C12H18ClNOS/c1-3-12(14)9(2)16(15)8-10-4-6-11(13)7-5-10/h4-7,9,12H,3,8,14H2,1-2H3. The summed E-state index contributed by atoms with van der Waals surface area (Å²) in [6.45, 7) is 3.96. The molecule has 0 bridgehead atoms. The summed E-state index contributed by atoms with van der Waals surface area (Å²) in [6.07, 6.45) is 0.855. The molecule has 0 aliphatic heterocycles. The van der Waals surface area contributed by atoms with Crippen LogP contribution in [0.5, 0.6) is 0 Å². The quantitative estimate of drug-likeness (QED) is 0.884. The Morgan fingerprint density at radius 3 is 2.44 bits per heavy atom. The van der Waals surface area contributed by atoms with Gasteiger partial charge in [0.2, 0.25) is 0 Å². The van der Waals surface area contributed by atoms with Gasteiger partial charge in [0, 0.05) is 32.9 Å². The van der Waals surface area contributed by atoms with E-state index < -0.39 is 10.8 Å². The van der Waals surface area contributed by atoms with E-state index in [1.807, 2.05) is 38.1 Å². The number of benzene rings is 1. The van der Waals surface area contributed by atoms with E-state index in [9.17, 15) is 4.21 Å². The molecule has 3 atom stereocenters. The van der Waals surface area contributed by atoms with E-state index in [0.29, 0.717) is 10.8 Å². The van der Waals surface area contributed by atoms with Gasteiger partial charge in [0.15, 0.2) is 0 Å². The molecule has 0 spiro atoms. The molecule has 0 heterocycles. The summed E-state index contributed by atoms with van der Waals surface area (Å²) in [7, 11) is -0.920. The summed E-state index contributed by atoms with van der Waals surface area (Å²) in [5, 5.41) is 0.730. The van der Waals surface area contributed by atoms with Crippen LogP contribution in [0, 0.1) is 0 Å². The molecule has 2 N–H and O–H groups in total. The smallest absolute Gasteiger partial charge is 0.0488 e. The van der Waals surface area contributed by atoms with Crippen LogP contribution in [0.15, 0.2) is 24.3 Å². The van der Waals surface area contributed by atoms with Crippen LogP contribution < -0.4 is 5.73 Å². The third-order valence-corrected chi connectivity index (χ3v) is 4.76. The second-order valence-corrected chi connectivity index (χ2v) is 6.16. The first-order valence-electron chi connectivity index (χ1n) is 5.41. The van der Waals surface area contributed by atoms with Crippen molar-refractivity contribution in [2.45, 2.75) is 37.3 Å². The van der Waals surface area contributed by atoms with Gasteiger partial charge in [-0.1, -0.05) is 30.7 Å². The van der Waals surface area contributed by atoms with Gasteiger partial charge in [0.1, 0.15) is 0 Å². The molecule has 90 valence electrons. The highest BCUT2D eigenvalue weighted by atomic mass is 35.5. The van der Waals surface area contributed by atoms with Gasteiger partial charge >= 0.3 is 0 Å². The Kier molecular flexibility index (Phi) is 5.46. The van der Waals surface area contributed by atoms with Crippen LogP contribution >= 0.6 is 11.6 Å².